The van der Waals surface area contributed by atoms with Gasteiger partial charge in [0.15, 0.2) is 6.30 Å². The van der Waals surface area contributed by atoms with Crippen molar-refractivity contribution in [3.05, 3.63) is 0 Å². The lowest BCUT2D eigenvalue weighted by Gasteiger charge is -2.25. The first kappa shape index (κ1) is 5.98. The number of halogens is 1. The van der Waals surface area contributed by atoms with Gasteiger partial charge in [0.2, 0.25) is 0 Å². The Morgan fingerprint density at radius 1 is 1.75 bits per heavy atom. The first-order valence-corrected chi connectivity index (χ1v) is 2.85. The maximum atomic E-state index is 12.3. The molecule has 1 unspecified atom stereocenters. The van der Waals surface area contributed by atoms with Crippen LogP contribution in [0.4, 0.5) is 4.39 Å². The van der Waals surface area contributed by atoms with E-state index in [1.165, 1.54) is 0 Å². The van der Waals surface area contributed by atoms with E-state index >= 15 is 0 Å². The highest BCUT2D eigenvalue weighted by atomic mass is 19.1. The highest BCUT2D eigenvalue weighted by Gasteiger charge is 2.13. The van der Waals surface area contributed by atoms with Crippen LogP contribution in [-0.4, -0.2) is 37.9 Å². The van der Waals surface area contributed by atoms with Crippen LogP contribution in [-0.2, 0) is 0 Å². The molecular formula is C5H11FN2. The number of nitrogens with zero attached hydrogens (tertiary/aromatic N) is 1. The van der Waals surface area contributed by atoms with E-state index in [9.17, 15) is 4.39 Å². The third-order valence-corrected chi connectivity index (χ3v) is 1.33. The van der Waals surface area contributed by atoms with Crippen molar-refractivity contribution in [2.45, 2.75) is 6.30 Å². The highest BCUT2D eigenvalue weighted by Crippen LogP contribution is 1.94. The van der Waals surface area contributed by atoms with Crippen LogP contribution in [0.1, 0.15) is 0 Å². The third-order valence-electron chi connectivity index (χ3n) is 1.33. The van der Waals surface area contributed by atoms with Crippen molar-refractivity contribution >= 4 is 0 Å². The van der Waals surface area contributed by atoms with Crippen molar-refractivity contribution < 1.29 is 4.39 Å². The average Bonchev–Trinajstić information content (AvgIpc) is 1.64. The summed E-state index contributed by atoms with van der Waals surface area (Å²) in [6.07, 6.45) is -0.811. The molecule has 0 radical (unpaired) electrons. The van der Waals surface area contributed by atoms with Gasteiger partial charge in [-0.05, 0) is 7.05 Å². The van der Waals surface area contributed by atoms with Crippen molar-refractivity contribution in [1.29, 1.82) is 0 Å². The number of nitrogens with one attached hydrogen (secondary N) is 1. The molecule has 0 spiro atoms. The molecule has 1 aliphatic heterocycles. The summed E-state index contributed by atoms with van der Waals surface area (Å²) in [6.45, 7) is 2.26. The zero-order valence-corrected chi connectivity index (χ0v) is 5.02. The van der Waals surface area contributed by atoms with Gasteiger partial charge in [0, 0.05) is 19.6 Å². The Kier molecular flexibility index (Phi) is 1.81. The van der Waals surface area contributed by atoms with Gasteiger partial charge in [-0.3, -0.25) is 5.32 Å². The monoisotopic (exact) mass is 118 g/mol. The molecule has 0 saturated carbocycles. The van der Waals surface area contributed by atoms with E-state index in [0.717, 1.165) is 13.1 Å². The summed E-state index contributed by atoms with van der Waals surface area (Å²) in [5, 5.41) is 2.70. The Morgan fingerprint density at radius 2 is 2.50 bits per heavy atom. The lowest BCUT2D eigenvalue weighted by molar-refractivity contribution is 0.147. The van der Waals surface area contributed by atoms with Crippen molar-refractivity contribution in [2.24, 2.45) is 0 Å². The smallest absolute Gasteiger partial charge is 0.163 e. The molecule has 0 aromatic rings. The fourth-order valence-corrected chi connectivity index (χ4v) is 0.842. The van der Waals surface area contributed by atoms with Crippen molar-refractivity contribution in [3.8, 4) is 0 Å². The quantitative estimate of drug-likeness (QED) is 0.444. The molecule has 0 bridgehead atoms. The minimum Gasteiger partial charge on any atom is -0.301 e. The van der Waals surface area contributed by atoms with Crippen LogP contribution < -0.4 is 5.32 Å². The summed E-state index contributed by atoms with van der Waals surface area (Å²) in [7, 11) is 1.92. The van der Waals surface area contributed by atoms with Crippen molar-refractivity contribution in [2.75, 3.05) is 26.7 Å². The topological polar surface area (TPSA) is 15.3 Å². The number of alkyl halides is 1. The molecule has 0 aromatic carbocycles. The normalized spacial score (nSPS) is 33.0. The molecule has 1 N–H and O–H groups in total. The Hall–Kier alpha value is -0.150. The Balaban J connectivity index is 2.23. The lowest BCUT2D eigenvalue weighted by Crippen LogP contribution is -2.46. The predicted octanol–water partition coefficient (Wildman–Crippen LogP) is -0.183. The van der Waals surface area contributed by atoms with E-state index in [1.807, 2.05) is 11.9 Å². The van der Waals surface area contributed by atoms with E-state index in [0.29, 0.717) is 6.54 Å². The molecule has 48 valence electrons. The first-order valence-electron chi connectivity index (χ1n) is 2.85. The van der Waals surface area contributed by atoms with Gasteiger partial charge in [-0.25, -0.2) is 4.39 Å². The molecule has 0 aliphatic carbocycles. The van der Waals surface area contributed by atoms with Crippen LogP contribution in [0, 0.1) is 0 Å². The molecule has 1 rings (SSSR count). The summed E-state index contributed by atoms with van der Waals surface area (Å²) in [5.41, 5.74) is 0. The molecule has 3 heteroatoms. The van der Waals surface area contributed by atoms with Crippen molar-refractivity contribution in [1.82, 2.24) is 10.2 Å². The molecule has 1 fully saturated rings. The van der Waals surface area contributed by atoms with Crippen LogP contribution in [0.5, 0.6) is 0 Å². The standard InChI is InChI=1S/C5H11FN2/c1-8-3-2-7-5(6)4-8/h5,7H,2-4H2,1H3. The second kappa shape index (κ2) is 2.42. The molecule has 8 heavy (non-hydrogen) atoms. The van der Waals surface area contributed by atoms with E-state index in [-0.39, 0.29) is 0 Å². The van der Waals surface area contributed by atoms with Gasteiger partial charge in [0.05, 0.1) is 0 Å². The van der Waals surface area contributed by atoms with E-state index in [1.54, 1.807) is 0 Å². The van der Waals surface area contributed by atoms with Gasteiger partial charge in [0.1, 0.15) is 0 Å². The zero-order valence-electron chi connectivity index (χ0n) is 5.02. The molecule has 1 aliphatic rings. The van der Waals surface area contributed by atoms with Gasteiger partial charge in [-0.1, -0.05) is 0 Å². The number of rotatable bonds is 0. The molecule has 1 heterocycles. The summed E-state index contributed by atoms with van der Waals surface area (Å²) in [6, 6.07) is 0. The van der Waals surface area contributed by atoms with Crippen LogP contribution in [0.25, 0.3) is 0 Å². The SMILES string of the molecule is CN1CCNC(F)C1. The van der Waals surface area contributed by atoms with Crippen LogP contribution >= 0.6 is 0 Å². The third kappa shape index (κ3) is 1.42. The maximum absolute atomic E-state index is 12.3. The first-order chi connectivity index (χ1) is 3.79. The largest absolute Gasteiger partial charge is 0.301 e. The number of likely N-dealkylation sites (N-methyl/N-ethyl adjacent to an activating group) is 1. The summed E-state index contributed by atoms with van der Waals surface area (Å²) in [5.74, 6) is 0. The summed E-state index contributed by atoms with van der Waals surface area (Å²) < 4.78 is 12.3. The van der Waals surface area contributed by atoms with Crippen LogP contribution in [0.15, 0.2) is 0 Å². The number of piperazine rings is 1. The van der Waals surface area contributed by atoms with E-state index in [2.05, 4.69) is 5.32 Å². The average molecular weight is 118 g/mol. The number of hydrogen-bond acceptors (Lipinski definition) is 2. The fourth-order valence-electron chi connectivity index (χ4n) is 0.842. The van der Waals surface area contributed by atoms with Gasteiger partial charge in [0.25, 0.3) is 0 Å². The van der Waals surface area contributed by atoms with Crippen molar-refractivity contribution in [3.63, 3.8) is 0 Å². The second-order valence-electron chi connectivity index (χ2n) is 2.18. The molecule has 0 amide bonds. The Bertz CT molecular complexity index is 68.8. The lowest BCUT2D eigenvalue weighted by atomic mass is 10.4. The summed E-state index contributed by atoms with van der Waals surface area (Å²) >= 11 is 0. The summed E-state index contributed by atoms with van der Waals surface area (Å²) in [4.78, 5) is 1.97. The minimum atomic E-state index is -0.811. The Morgan fingerprint density at radius 3 is 2.88 bits per heavy atom. The number of hydrogen-bond donors (Lipinski definition) is 1. The minimum absolute atomic E-state index is 0.528. The van der Waals surface area contributed by atoms with E-state index < -0.39 is 6.30 Å². The van der Waals surface area contributed by atoms with E-state index in [4.69, 9.17) is 0 Å². The highest BCUT2D eigenvalue weighted by molar-refractivity contribution is 4.67. The molecule has 2 nitrogen and oxygen atoms in total. The van der Waals surface area contributed by atoms with Gasteiger partial charge in [-0.2, -0.15) is 0 Å². The molecular weight excluding hydrogens is 107 g/mol. The van der Waals surface area contributed by atoms with Crippen LogP contribution in [0.2, 0.25) is 0 Å². The van der Waals surface area contributed by atoms with Crippen LogP contribution in [0.3, 0.4) is 0 Å². The molecule has 1 atom stereocenters. The molecule has 1 saturated heterocycles. The predicted molar refractivity (Wildman–Crippen MR) is 30.4 cm³/mol. The van der Waals surface area contributed by atoms with Gasteiger partial charge >= 0.3 is 0 Å². The second-order valence-corrected chi connectivity index (χ2v) is 2.18. The zero-order chi connectivity index (χ0) is 5.98. The maximum Gasteiger partial charge on any atom is 0.163 e. The van der Waals surface area contributed by atoms with Gasteiger partial charge in [-0.15, -0.1) is 0 Å². The Labute approximate surface area is 48.7 Å². The molecule has 0 aromatic heterocycles. The van der Waals surface area contributed by atoms with Gasteiger partial charge < -0.3 is 4.90 Å². The fraction of sp³-hybridized carbons (Fsp3) is 1.00.